The molecule has 0 atom stereocenters. The fraction of sp³-hybridized carbons (Fsp3) is 0.588. The van der Waals surface area contributed by atoms with E-state index in [1.165, 1.54) is 5.56 Å². The smallest absolute Gasteiger partial charge is 0.321 e. The van der Waals surface area contributed by atoms with Gasteiger partial charge in [-0.25, -0.2) is 4.79 Å². The van der Waals surface area contributed by atoms with Crippen LogP contribution in [0.5, 0.6) is 0 Å². The third kappa shape index (κ3) is 6.24. The summed E-state index contributed by atoms with van der Waals surface area (Å²) in [7, 11) is 0. The Bertz CT molecular complexity index is 479. The lowest BCUT2D eigenvalue weighted by Crippen LogP contribution is -2.47. The van der Waals surface area contributed by atoms with E-state index in [0.29, 0.717) is 18.4 Å². The average Bonchev–Trinajstić information content (AvgIpc) is 2.48. The van der Waals surface area contributed by atoms with E-state index in [-0.39, 0.29) is 12.5 Å². The van der Waals surface area contributed by atoms with Crippen LogP contribution in [0, 0.1) is 5.92 Å². The van der Waals surface area contributed by atoms with Crippen LogP contribution >= 0.6 is 0 Å². The summed E-state index contributed by atoms with van der Waals surface area (Å²) in [6, 6.07) is 3.65. The summed E-state index contributed by atoms with van der Waals surface area (Å²) in [4.78, 5) is 23.3. The van der Waals surface area contributed by atoms with E-state index < -0.39 is 6.03 Å². The largest absolute Gasteiger partial charge is 0.338 e. The van der Waals surface area contributed by atoms with Crippen LogP contribution in [0.1, 0.15) is 52.0 Å². The first kappa shape index (κ1) is 18.1. The Morgan fingerprint density at radius 1 is 1.14 bits per heavy atom. The molecule has 0 spiro atoms. The van der Waals surface area contributed by atoms with E-state index in [9.17, 15) is 9.59 Å². The first-order valence-electron chi connectivity index (χ1n) is 8.02. The van der Waals surface area contributed by atoms with Crippen molar-refractivity contribution in [3.63, 3.8) is 0 Å². The Morgan fingerprint density at radius 2 is 1.73 bits per heavy atom. The normalized spacial score (nSPS) is 10.8. The van der Waals surface area contributed by atoms with Crippen molar-refractivity contribution in [2.24, 2.45) is 5.92 Å². The molecule has 5 heteroatoms. The summed E-state index contributed by atoms with van der Waals surface area (Å²) in [5.41, 5.74) is 1.29. The van der Waals surface area contributed by atoms with Crippen molar-refractivity contribution in [3.05, 3.63) is 30.1 Å². The summed E-state index contributed by atoms with van der Waals surface area (Å²) < 4.78 is 1.77. The van der Waals surface area contributed by atoms with Crippen LogP contribution in [-0.2, 0) is 11.3 Å². The number of rotatable bonds is 7. The van der Waals surface area contributed by atoms with Gasteiger partial charge in [-0.05, 0) is 30.2 Å². The van der Waals surface area contributed by atoms with Crippen molar-refractivity contribution in [3.8, 4) is 0 Å². The maximum atomic E-state index is 11.8. The van der Waals surface area contributed by atoms with Gasteiger partial charge in [0.25, 0.3) is 5.91 Å². The van der Waals surface area contributed by atoms with Gasteiger partial charge in [0.15, 0.2) is 12.4 Å². The lowest BCUT2D eigenvalue weighted by Gasteiger charge is -2.11. The zero-order valence-electron chi connectivity index (χ0n) is 14.1. The van der Waals surface area contributed by atoms with Gasteiger partial charge in [0.2, 0.25) is 6.54 Å². The Morgan fingerprint density at radius 3 is 2.23 bits per heavy atom. The van der Waals surface area contributed by atoms with Crippen molar-refractivity contribution in [1.29, 1.82) is 0 Å². The van der Waals surface area contributed by atoms with Gasteiger partial charge in [-0.2, -0.15) is 4.57 Å². The molecule has 0 saturated heterocycles. The van der Waals surface area contributed by atoms with Crippen LogP contribution < -0.4 is 15.2 Å². The minimum Gasteiger partial charge on any atom is -0.338 e. The zero-order valence-corrected chi connectivity index (χ0v) is 14.1. The Balaban J connectivity index is 2.49. The van der Waals surface area contributed by atoms with Crippen molar-refractivity contribution in [2.75, 3.05) is 6.54 Å². The number of nitrogens with zero attached hydrogens (tertiary/aromatic N) is 1. The molecule has 0 bridgehead atoms. The number of hydrogen-bond donors (Lipinski definition) is 2. The van der Waals surface area contributed by atoms with Crippen molar-refractivity contribution in [2.45, 2.75) is 53.0 Å². The molecule has 1 aromatic heterocycles. The van der Waals surface area contributed by atoms with Gasteiger partial charge in [0.1, 0.15) is 0 Å². The standard InChI is InChI=1S/C17H27N3O2/c1-5-14(6-2)15-7-9-20(10-8-15)12-16(21)19-17(22)18-11-13(3)4/h7-10,13-14H,5-6,11-12H2,1-4H3,(H-,18,19,21,22)/p+1. The minimum absolute atomic E-state index is 0.137. The zero-order chi connectivity index (χ0) is 16.5. The number of amides is 3. The van der Waals surface area contributed by atoms with Crippen LogP contribution in [0.3, 0.4) is 0 Å². The molecule has 0 aliphatic heterocycles. The molecule has 122 valence electrons. The van der Waals surface area contributed by atoms with Gasteiger partial charge in [0, 0.05) is 18.7 Å². The molecule has 0 fully saturated rings. The fourth-order valence-electron chi connectivity index (χ4n) is 2.28. The highest BCUT2D eigenvalue weighted by Crippen LogP contribution is 2.21. The number of carbonyl (C=O) groups is 2. The van der Waals surface area contributed by atoms with Gasteiger partial charge in [-0.15, -0.1) is 0 Å². The van der Waals surface area contributed by atoms with E-state index in [1.807, 2.05) is 38.4 Å². The van der Waals surface area contributed by atoms with Gasteiger partial charge < -0.3 is 5.32 Å². The third-order valence-electron chi connectivity index (χ3n) is 3.62. The summed E-state index contributed by atoms with van der Waals surface area (Å²) in [5.74, 6) is 0.597. The van der Waals surface area contributed by atoms with Crippen molar-refractivity contribution >= 4 is 11.9 Å². The molecule has 0 radical (unpaired) electrons. The van der Waals surface area contributed by atoms with Crippen LogP contribution in [0.2, 0.25) is 0 Å². The molecule has 1 heterocycles. The van der Waals surface area contributed by atoms with E-state index in [4.69, 9.17) is 0 Å². The maximum Gasteiger partial charge on any atom is 0.321 e. The number of aromatic nitrogens is 1. The predicted octanol–water partition coefficient (Wildman–Crippen LogP) is 2.36. The molecule has 22 heavy (non-hydrogen) atoms. The van der Waals surface area contributed by atoms with Crippen LogP contribution in [0.25, 0.3) is 0 Å². The minimum atomic E-state index is -0.437. The van der Waals surface area contributed by atoms with Crippen LogP contribution in [-0.4, -0.2) is 18.5 Å². The maximum absolute atomic E-state index is 11.8. The summed E-state index contributed by atoms with van der Waals surface area (Å²) in [5, 5.41) is 4.99. The second-order valence-corrected chi connectivity index (χ2v) is 5.97. The second-order valence-electron chi connectivity index (χ2n) is 5.97. The molecule has 1 rings (SSSR count). The first-order chi connectivity index (χ1) is 10.5. The molecule has 2 N–H and O–H groups in total. The van der Waals surface area contributed by atoms with Gasteiger partial charge in [-0.1, -0.05) is 27.7 Å². The predicted molar refractivity (Wildman–Crippen MR) is 86.3 cm³/mol. The highest BCUT2D eigenvalue weighted by Gasteiger charge is 2.14. The van der Waals surface area contributed by atoms with Gasteiger partial charge >= 0.3 is 6.03 Å². The number of imide groups is 1. The quantitative estimate of drug-likeness (QED) is 0.760. The molecule has 5 nitrogen and oxygen atoms in total. The van der Waals surface area contributed by atoms with E-state index in [1.54, 1.807) is 4.57 Å². The lowest BCUT2D eigenvalue weighted by atomic mass is 9.95. The SMILES string of the molecule is CCC(CC)c1cc[n+](CC(=O)NC(=O)NCC(C)C)cc1. The Hall–Kier alpha value is -1.91. The van der Waals surface area contributed by atoms with Crippen LogP contribution in [0.4, 0.5) is 4.79 Å². The van der Waals surface area contributed by atoms with E-state index >= 15 is 0 Å². The highest BCUT2D eigenvalue weighted by atomic mass is 16.2. The second kappa shape index (κ2) is 9.18. The molecule has 0 unspecified atom stereocenters. The number of nitrogens with one attached hydrogen (secondary N) is 2. The van der Waals surface area contributed by atoms with E-state index in [2.05, 4.69) is 24.5 Å². The first-order valence-corrected chi connectivity index (χ1v) is 8.02. The summed E-state index contributed by atoms with van der Waals surface area (Å²) in [6.07, 6.45) is 5.99. The third-order valence-corrected chi connectivity index (χ3v) is 3.62. The van der Waals surface area contributed by atoms with Gasteiger partial charge in [0.05, 0.1) is 0 Å². The number of pyridine rings is 1. The highest BCUT2D eigenvalue weighted by molar-refractivity contribution is 5.93. The molecule has 0 saturated carbocycles. The molecular formula is C17H28N3O2+. The summed E-state index contributed by atoms with van der Waals surface area (Å²) >= 11 is 0. The summed E-state index contributed by atoms with van der Waals surface area (Å²) in [6.45, 7) is 9.05. The molecule has 0 aliphatic carbocycles. The fourth-order valence-corrected chi connectivity index (χ4v) is 2.28. The monoisotopic (exact) mass is 306 g/mol. The van der Waals surface area contributed by atoms with E-state index in [0.717, 1.165) is 12.8 Å². The van der Waals surface area contributed by atoms with Gasteiger partial charge in [-0.3, -0.25) is 10.1 Å². The number of urea groups is 1. The average molecular weight is 306 g/mol. The number of carbonyl (C=O) groups excluding carboxylic acids is 2. The Kier molecular flexibility index (Phi) is 7.57. The molecule has 0 aliphatic rings. The Labute approximate surface area is 133 Å². The van der Waals surface area contributed by atoms with Crippen molar-refractivity contribution < 1.29 is 14.2 Å². The molecular weight excluding hydrogens is 278 g/mol. The topological polar surface area (TPSA) is 62.1 Å². The molecule has 0 aromatic carbocycles. The molecule has 3 amide bonds. The lowest BCUT2D eigenvalue weighted by molar-refractivity contribution is -0.684. The number of hydrogen-bond acceptors (Lipinski definition) is 2. The van der Waals surface area contributed by atoms with Crippen LogP contribution in [0.15, 0.2) is 24.5 Å². The van der Waals surface area contributed by atoms with Crippen molar-refractivity contribution in [1.82, 2.24) is 10.6 Å². The molecule has 1 aromatic rings.